The van der Waals surface area contributed by atoms with E-state index in [0.29, 0.717) is 13.0 Å². The first-order chi connectivity index (χ1) is 8.66. The van der Waals surface area contributed by atoms with Gasteiger partial charge in [0.25, 0.3) is 0 Å². The Morgan fingerprint density at radius 1 is 1.61 bits per heavy atom. The minimum Gasteiger partial charge on any atom is -0.481 e. The van der Waals surface area contributed by atoms with Crippen LogP contribution in [0.5, 0.6) is 0 Å². The highest BCUT2D eigenvalue weighted by atomic mass is 16.4. The Bertz CT molecular complexity index is 408. The maximum Gasteiger partial charge on any atom is 0.310 e. The highest BCUT2D eigenvalue weighted by Gasteiger charge is 2.40. The van der Waals surface area contributed by atoms with Crippen LogP contribution in [0.3, 0.4) is 0 Å². The lowest BCUT2D eigenvalue weighted by Crippen LogP contribution is -2.47. The van der Waals surface area contributed by atoms with Crippen LogP contribution in [0, 0.1) is 5.41 Å². The van der Waals surface area contributed by atoms with Gasteiger partial charge < -0.3 is 5.11 Å². The Hall–Kier alpha value is -1.42. The molecule has 98 valence electrons. The Labute approximate surface area is 108 Å². The van der Waals surface area contributed by atoms with E-state index in [-0.39, 0.29) is 0 Å². The fourth-order valence-corrected chi connectivity index (χ4v) is 2.73. The van der Waals surface area contributed by atoms with Crippen LogP contribution in [0.15, 0.2) is 24.5 Å². The molecule has 0 aromatic carbocycles. The molecule has 1 fully saturated rings. The fraction of sp³-hybridized carbons (Fsp3) is 0.571. The largest absolute Gasteiger partial charge is 0.481 e. The van der Waals surface area contributed by atoms with Gasteiger partial charge in [0.15, 0.2) is 0 Å². The molecule has 2 rings (SSSR count). The van der Waals surface area contributed by atoms with Crippen molar-refractivity contribution in [2.75, 3.05) is 13.1 Å². The van der Waals surface area contributed by atoms with E-state index < -0.39 is 11.4 Å². The van der Waals surface area contributed by atoms with Gasteiger partial charge in [-0.3, -0.25) is 14.7 Å². The lowest BCUT2D eigenvalue weighted by atomic mass is 9.77. The van der Waals surface area contributed by atoms with Crippen LogP contribution in [0.25, 0.3) is 0 Å². The molecule has 1 unspecified atom stereocenters. The molecule has 1 aliphatic rings. The monoisotopic (exact) mass is 248 g/mol. The molecule has 0 bridgehead atoms. The van der Waals surface area contributed by atoms with Crippen molar-refractivity contribution in [3.63, 3.8) is 0 Å². The molecule has 1 atom stereocenters. The lowest BCUT2D eigenvalue weighted by molar-refractivity contribution is -0.153. The zero-order valence-corrected chi connectivity index (χ0v) is 10.8. The highest BCUT2D eigenvalue weighted by Crippen LogP contribution is 2.34. The van der Waals surface area contributed by atoms with Crippen LogP contribution >= 0.6 is 0 Å². The van der Waals surface area contributed by atoms with E-state index >= 15 is 0 Å². The summed E-state index contributed by atoms with van der Waals surface area (Å²) in [4.78, 5) is 17.8. The molecular weight excluding hydrogens is 228 g/mol. The topological polar surface area (TPSA) is 53.4 Å². The number of hydrogen-bond donors (Lipinski definition) is 1. The molecule has 0 amide bonds. The number of pyridine rings is 1. The maximum atomic E-state index is 11.5. The summed E-state index contributed by atoms with van der Waals surface area (Å²) in [6.07, 6.45) is 6.06. The standard InChI is InChI=1S/C14H20N2O2/c1-2-14(13(17)18)6-4-8-16(11-14)10-12-5-3-7-15-9-12/h3,5,7,9H,2,4,6,8,10-11H2,1H3,(H,17,18). The van der Waals surface area contributed by atoms with E-state index in [0.717, 1.165) is 31.5 Å². The smallest absolute Gasteiger partial charge is 0.310 e. The van der Waals surface area contributed by atoms with Gasteiger partial charge in [0.1, 0.15) is 0 Å². The predicted octanol–water partition coefficient (Wildman–Crippen LogP) is 2.16. The SMILES string of the molecule is CCC1(C(=O)O)CCCN(Cc2cccnc2)C1. The molecule has 0 saturated carbocycles. The second-order valence-corrected chi connectivity index (χ2v) is 5.11. The number of aliphatic carboxylic acids is 1. The van der Waals surface area contributed by atoms with Gasteiger partial charge in [-0.15, -0.1) is 0 Å². The second-order valence-electron chi connectivity index (χ2n) is 5.11. The van der Waals surface area contributed by atoms with Crippen molar-refractivity contribution in [3.05, 3.63) is 30.1 Å². The first kappa shape index (κ1) is 13.0. The zero-order valence-electron chi connectivity index (χ0n) is 10.8. The number of piperidine rings is 1. The number of aromatic nitrogens is 1. The van der Waals surface area contributed by atoms with Crippen LogP contribution in [0.2, 0.25) is 0 Å². The molecule has 2 heterocycles. The van der Waals surface area contributed by atoms with Crippen molar-refractivity contribution >= 4 is 5.97 Å². The average Bonchev–Trinajstić information content (AvgIpc) is 2.40. The van der Waals surface area contributed by atoms with Crippen molar-refractivity contribution in [3.8, 4) is 0 Å². The summed E-state index contributed by atoms with van der Waals surface area (Å²) < 4.78 is 0. The highest BCUT2D eigenvalue weighted by molar-refractivity contribution is 5.75. The van der Waals surface area contributed by atoms with E-state index in [4.69, 9.17) is 0 Å². The minimum atomic E-state index is -0.652. The van der Waals surface area contributed by atoms with Gasteiger partial charge in [0.05, 0.1) is 5.41 Å². The molecule has 4 nitrogen and oxygen atoms in total. The number of carbonyl (C=O) groups is 1. The molecule has 1 aliphatic heterocycles. The number of rotatable bonds is 4. The Morgan fingerprint density at radius 2 is 2.44 bits per heavy atom. The lowest BCUT2D eigenvalue weighted by Gasteiger charge is -2.39. The van der Waals surface area contributed by atoms with E-state index in [1.165, 1.54) is 0 Å². The minimum absolute atomic E-state index is 0.555. The molecule has 0 spiro atoms. The summed E-state index contributed by atoms with van der Waals surface area (Å²) in [5, 5.41) is 9.43. The molecule has 1 N–H and O–H groups in total. The van der Waals surface area contributed by atoms with Crippen molar-refractivity contribution in [2.24, 2.45) is 5.41 Å². The Balaban J connectivity index is 2.05. The predicted molar refractivity (Wildman–Crippen MR) is 69.1 cm³/mol. The molecule has 1 aromatic rings. The third-order valence-corrected chi connectivity index (χ3v) is 3.92. The summed E-state index contributed by atoms with van der Waals surface area (Å²) in [6.45, 7) is 4.39. The molecular formula is C14H20N2O2. The number of carboxylic acids is 1. The first-order valence-electron chi connectivity index (χ1n) is 6.51. The van der Waals surface area contributed by atoms with Gasteiger partial charge in [-0.25, -0.2) is 0 Å². The summed E-state index contributed by atoms with van der Waals surface area (Å²) in [7, 11) is 0. The summed E-state index contributed by atoms with van der Waals surface area (Å²) >= 11 is 0. The molecule has 4 heteroatoms. The van der Waals surface area contributed by atoms with Crippen LogP contribution < -0.4 is 0 Å². The Kier molecular flexibility index (Phi) is 3.97. The van der Waals surface area contributed by atoms with Crippen LogP contribution in [-0.4, -0.2) is 34.0 Å². The van der Waals surface area contributed by atoms with Gasteiger partial charge in [-0.05, 0) is 37.4 Å². The summed E-state index contributed by atoms with van der Waals surface area (Å²) in [5.74, 6) is -0.652. The van der Waals surface area contributed by atoms with Gasteiger partial charge in [0, 0.05) is 25.5 Å². The third kappa shape index (κ3) is 2.70. The normalized spacial score (nSPS) is 24.9. The molecule has 1 saturated heterocycles. The number of likely N-dealkylation sites (tertiary alicyclic amines) is 1. The van der Waals surface area contributed by atoms with Crippen LogP contribution in [-0.2, 0) is 11.3 Å². The molecule has 1 aromatic heterocycles. The molecule has 0 aliphatic carbocycles. The average molecular weight is 248 g/mol. The maximum absolute atomic E-state index is 11.5. The third-order valence-electron chi connectivity index (χ3n) is 3.92. The van der Waals surface area contributed by atoms with E-state index in [1.54, 1.807) is 6.20 Å². The van der Waals surface area contributed by atoms with Gasteiger partial charge in [-0.1, -0.05) is 13.0 Å². The molecule has 0 radical (unpaired) electrons. The Morgan fingerprint density at radius 3 is 3.06 bits per heavy atom. The zero-order chi connectivity index (χ0) is 13.0. The molecule has 18 heavy (non-hydrogen) atoms. The van der Waals surface area contributed by atoms with Gasteiger partial charge in [-0.2, -0.15) is 0 Å². The number of nitrogens with zero attached hydrogens (tertiary/aromatic N) is 2. The summed E-state index contributed by atoms with van der Waals surface area (Å²) in [5.41, 5.74) is 0.593. The van der Waals surface area contributed by atoms with Crippen molar-refractivity contribution in [1.82, 2.24) is 9.88 Å². The van der Waals surface area contributed by atoms with E-state index in [1.807, 2.05) is 25.3 Å². The van der Waals surface area contributed by atoms with Crippen LogP contribution in [0.4, 0.5) is 0 Å². The van der Waals surface area contributed by atoms with Crippen molar-refractivity contribution in [2.45, 2.75) is 32.7 Å². The van der Waals surface area contributed by atoms with Crippen molar-refractivity contribution in [1.29, 1.82) is 0 Å². The van der Waals surface area contributed by atoms with E-state index in [2.05, 4.69) is 9.88 Å². The first-order valence-corrected chi connectivity index (χ1v) is 6.51. The number of carboxylic acid groups (broad SMARTS) is 1. The quantitative estimate of drug-likeness (QED) is 0.887. The summed E-state index contributed by atoms with van der Waals surface area (Å²) in [6, 6.07) is 3.96. The number of hydrogen-bond acceptors (Lipinski definition) is 3. The van der Waals surface area contributed by atoms with Gasteiger partial charge in [0.2, 0.25) is 0 Å². The second kappa shape index (κ2) is 5.48. The fourth-order valence-electron chi connectivity index (χ4n) is 2.73. The van der Waals surface area contributed by atoms with Crippen LogP contribution in [0.1, 0.15) is 31.7 Å². The van der Waals surface area contributed by atoms with Crippen molar-refractivity contribution < 1.29 is 9.90 Å². The van der Waals surface area contributed by atoms with Gasteiger partial charge >= 0.3 is 5.97 Å². The van der Waals surface area contributed by atoms with E-state index in [9.17, 15) is 9.90 Å².